The van der Waals surface area contributed by atoms with Gasteiger partial charge in [-0.3, -0.25) is 9.20 Å². The van der Waals surface area contributed by atoms with Crippen LogP contribution in [0, 0.1) is 23.0 Å². The van der Waals surface area contributed by atoms with Crippen molar-refractivity contribution in [3.8, 4) is 28.3 Å². The number of benzene rings is 2. The predicted octanol–water partition coefficient (Wildman–Crippen LogP) is 5.33. The maximum Gasteiger partial charge on any atom is 0.263 e. The van der Waals surface area contributed by atoms with Gasteiger partial charge in [-0.1, -0.05) is 42.5 Å². The summed E-state index contributed by atoms with van der Waals surface area (Å²) >= 11 is 0. The number of hydrogen-bond acceptors (Lipinski definition) is 6. The average molecular weight is 495 g/mol. The zero-order valence-corrected chi connectivity index (χ0v) is 19.6. The molecular formula is C28H20F2N6O. The molecule has 0 radical (unpaired) electrons. The van der Waals surface area contributed by atoms with Crippen molar-refractivity contribution in [1.82, 2.24) is 14.4 Å². The van der Waals surface area contributed by atoms with Crippen molar-refractivity contribution >= 4 is 17.2 Å². The molecule has 0 saturated carbocycles. The van der Waals surface area contributed by atoms with Gasteiger partial charge in [-0.2, -0.15) is 5.26 Å². The number of pyridine rings is 2. The van der Waals surface area contributed by atoms with Crippen molar-refractivity contribution in [2.24, 2.45) is 0 Å². The summed E-state index contributed by atoms with van der Waals surface area (Å²) in [7, 11) is 0. The van der Waals surface area contributed by atoms with Gasteiger partial charge in [0.1, 0.15) is 41.2 Å². The van der Waals surface area contributed by atoms with Crippen molar-refractivity contribution < 1.29 is 8.78 Å². The summed E-state index contributed by atoms with van der Waals surface area (Å²) in [5, 5.41) is 12.8. The maximum absolute atomic E-state index is 14.3. The number of anilines is 2. The summed E-state index contributed by atoms with van der Waals surface area (Å²) in [6.07, 6.45) is 2.38. The lowest BCUT2D eigenvalue weighted by Gasteiger charge is -2.24. The smallest absolute Gasteiger partial charge is 0.263 e. The molecule has 7 nitrogen and oxygen atoms in total. The van der Waals surface area contributed by atoms with E-state index in [1.54, 1.807) is 36.4 Å². The molecule has 37 heavy (non-hydrogen) atoms. The first kappa shape index (κ1) is 23.6. The van der Waals surface area contributed by atoms with Crippen LogP contribution in [0.2, 0.25) is 0 Å². The van der Waals surface area contributed by atoms with Crippen LogP contribution >= 0.6 is 0 Å². The Labute approximate surface area is 210 Å². The minimum absolute atomic E-state index is 0.0169. The maximum atomic E-state index is 14.3. The van der Waals surface area contributed by atoms with Gasteiger partial charge in [0.05, 0.1) is 17.1 Å². The van der Waals surface area contributed by atoms with Gasteiger partial charge in [-0.15, -0.1) is 0 Å². The van der Waals surface area contributed by atoms with Crippen molar-refractivity contribution in [2.75, 3.05) is 11.1 Å². The monoisotopic (exact) mass is 494 g/mol. The SMILES string of the molecule is C[C@@H](Nc1ncnc(N)c1C#N)c1c(-c2ccccc2)c(=O)n2cc(F)ccc2c1-c1ccc(F)cc1. The standard InChI is InChI=1S/C28H20F2N6O/c1-16(35-27-21(13-31)26(32)33-15-34-27)23-24(18-7-9-19(29)10-8-18)22-12-11-20(30)14-36(22)28(37)25(23)17-5-3-2-4-6-17/h2-12,14-16H,1H3,(H3,32,33,34,35)/t16-/m1/s1. The number of fused-ring (bicyclic) bond motifs is 1. The number of aromatic nitrogens is 3. The number of nitrogens with zero attached hydrogens (tertiary/aromatic N) is 4. The largest absolute Gasteiger partial charge is 0.382 e. The lowest BCUT2D eigenvalue weighted by molar-refractivity contribution is 0.618. The Morgan fingerprint density at radius 3 is 2.32 bits per heavy atom. The number of nitrogen functional groups attached to an aromatic ring is 1. The van der Waals surface area contributed by atoms with Crippen molar-refractivity contribution in [3.63, 3.8) is 0 Å². The number of nitrogens with one attached hydrogen (secondary N) is 1. The second-order valence-corrected chi connectivity index (χ2v) is 8.40. The number of halogens is 2. The second-order valence-electron chi connectivity index (χ2n) is 8.40. The first-order valence-corrected chi connectivity index (χ1v) is 11.3. The average Bonchev–Trinajstić information content (AvgIpc) is 2.90. The molecule has 5 aromatic rings. The summed E-state index contributed by atoms with van der Waals surface area (Å²) in [6.45, 7) is 1.81. The summed E-state index contributed by atoms with van der Waals surface area (Å²) in [4.78, 5) is 21.9. The van der Waals surface area contributed by atoms with E-state index in [-0.39, 0.29) is 17.2 Å². The highest BCUT2D eigenvalue weighted by Crippen LogP contribution is 2.39. The summed E-state index contributed by atoms with van der Waals surface area (Å²) in [6, 6.07) is 19.0. The summed E-state index contributed by atoms with van der Waals surface area (Å²) < 4.78 is 29.5. The Morgan fingerprint density at radius 1 is 0.946 bits per heavy atom. The molecule has 0 aliphatic carbocycles. The molecule has 2 aromatic carbocycles. The van der Waals surface area contributed by atoms with Gasteiger partial charge in [0.2, 0.25) is 0 Å². The predicted molar refractivity (Wildman–Crippen MR) is 138 cm³/mol. The van der Waals surface area contributed by atoms with Gasteiger partial charge in [0.25, 0.3) is 5.56 Å². The van der Waals surface area contributed by atoms with Crippen LogP contribution in [0.5, 0.6) is 0 Å². The van der Waals surface area contributed by atoms with E-state index >= 15 is 0 Å². The Bertz CT molecular complexity index is 1730. The van der Waals surface area contributed by atoms with Gasteiger partial charge in [0.15, 0.2) is 0 Å². The zero-order valence-electron chi connectivity index (χ0n) is 19.6. The van der Waals surface area contributed by atoms with E-state index in [0.717, 1.165) is 6.20 Å². The zero-order chi connectivity index (χ0) is 26.1. The third-order valence-corrected chi connectivity index (χ3v) is 6.11. The fraction of sp³-hybridized carbons (Fsp3) is 0.0714. The van der Waals surface area contributed by atoms with Crippen molar-refractivity contribution in [1.29, 1.82) is 5.26 Å². The van der Waals surface area contributed by atoms with E-state index < -0.39 is 23.2 Å². The van der Waals surface area contributed by atoms with E-state index in [4.69, 9.17) is 5.73 Å². The molecule has 9 heteroatoms. The molecule has 1 atom stereocenters. The topological polar surface area (TPSA) is 109 Å². The van der Waals surface area contributed by atoms with Crippen molar-refractivity contribution in [2.45, 2.75) is 13.0 Å². The van der Waals surface area contributed by atoms with Crippen LogP contribution in [0.15, 0.2) is 84.0 Å². The third kappa shape index (κ3) is 4.25. The van der Waals surface area contributed by atoms with Crippen LogP contribution in [0.3, 0.4) is 0 Å². The Kier molecular flexibility index (Phi) is 6.07. The number of rotatable bonds is 5. The van der Waals surface area contributed by atoms with Crippen LogP contribution in [0.4, 0.5) is 20.4 Å². The summed E-state index contributed by atoms with van der Waals surface area (Å²) in [5.74, 6) is -0.778. The third-order valence-electron chi connectivity index (χ3n) is 6.11. The molecule has 3 heterocycles. The molecule has 0 saturated heterocycles. The van der Waals surface area contributed by atoms with E-state index in [2.05, 4.69) is 15.3 Å². The Hall–Kier alpha value is -5.10. The van der Waals surface area contributed by atoms with Gasteiger partial charge in [-0.05, 0) is 47.9 Å². The van der Waals surface area contributed by atoms with Gasteiger partial charge < -0.3 is 11.1 Å². The van der Waals surface area contributed by atoms with Crippen LogP contribution in [-0.2, 0) is 0 Å². The molecule has 0 fully saturated rings. The number of nitriles is 1. The first-order valence-electron chi connectivity index (χ1n) is 11.3. The van der Waals surface area contributed by atoms with Gasteiger partial charge in [-0.25, -0.2) is 18.7 Å². The molecular weight excluding hydrogens is 474 g/mol. The number of hydrogen-bond donors (Lipinski definition) is 2. The molecule has 0 unspecified atom stereocenters. The molecule has 5 rings (SSSR count). The van der Waals surface area contributed by atoms with E-state index in [0.29, 0.717) is 33.3 Å². The molecule has 0 bridgehead atoms. The minimum atomic E-state index is -0.598. The molecule has 0 aliphatic heterocycles. The summed E-state index contributed by atoms with van der Waals surface area (Å²) in [5.41, 5.74) is 8.66. The van der Waals surface area contributed by atoms with Crippen molar-refractivity contribution in [3.05, 3.63) is 112 Å². The quantitative estimate of drug-likeness (QED) is 0.342. The molecule has 3 aromatic heterocycles. The van der Waals surface area contributed by atoms with Crippen LogP contribution < -0.4 is 16.6 Å². The van der Waals surface area contributed by atoms with E-state index in [9.17, 15) is 18.8 Å². The van der Waals surface area contributed by atoms with E-state index in [1.165, 1.54) is 35.0 Å². The van der Waals surface area contributed by atoms with Gasteiger partial charge >= 0.3 is 0 Å². The minimum Gasteiger partial charge on any atom is -0.382 e. The first-order chi connectivity index (χ1) is 17.9. The highest BCUT2D eigenvalue weighted by atomic mass is 19.1. The Balaban J connectivity index is 1.88. The second kappa shape index (κ2) is 9.51. The fourth-order valence-electron chi connectivity index (χ4n) is 4.48. The van der Waals surface area contributed by atoms with Crippen LogP contribution in [-0.4, -0.2) is 14.4 Å². The highest BCUT2D eigenvalue weighted by molar-refractivity contribution is 5.89. The normalized spacial score (nSPS) is 11.7. The van der Waals surface area contributed by atoms with Gasteiger partial charge in [0, 0.05) is 11.8 Å². The molecule has 3 N–H and O–H groups in total. The molecule has 0 aliphatic rings. The lowest BCUT2D eigenvalue weighted by Crippen LogP contribution is -2.23. The molecule has 0 spiro atoms. The van der Waals surface area contributed by atoms with Crippen LogP contribution in [0.25, 0.3) is 27.8 Å². The lowest BCUT2D eigenvalue weighted by atomic mass is 9.88. The Morgan fingerprint density at radius 2 is 1.62 bits per heavy atom. The van der Waals surface area contributed by atoms with E-state index in [1.807, 2.05) is 19.1 Å². The molecule has 182 valence electrons. The highest BCUT2D eigenvalue weighted by Gasteiger charge is 2.26. The van der Waals surface area contributed by atoms with Crippen LogP contribution in [0.1, 0.15) is 24.1 Å². The fourth-order valence-corrected chi connectivity index (χ4v) is 4.48. The molecule has 0 amide bonds. The number of nitrogens with two attached hydrogens (primary N) is 1.